The van der Waals surface area contributed by atoms with E-state index < -0.39 is 35.8 Å². The number of carbonyl (C=O) groups is 2. The SMILES string of the molecule is C=C(C(N)=O)[C@@H](NC(=O)NCCCCCC)C(NCCc1ccccc1)C(F)(F)F. The van der Waals surface area contributed by atoms with Gasteiger partial charge in [-0.1, -0.05) is 63.1 Å². The number of primary amides is 1. The van der Waals surface area contributed by atoms with Crippen LogP contribution in [0.1, 0.15) is 38.2 Å². The normalized spacial score (nSPS) is 13.3. The molecule has 2 atom stereocenters. The summed E-state index contributed by atoms with van der Waals surface area (Å²) in [5.41, 5.74) is 5.50. The number of nitrogens with two attached hydrogens (primary N) is 1. The number of alkyl halides is 3. The van der Waals surface area contributed by atoms with E-state index in [2.05, 4.69) is 22.5 Å². The topological polar surface area (TPSA) is 96.2 Å². The van der Waals surface area contributed by atoms with Gasteiger partial charge in [0.15, 0.2) is 0 Å². The highest BCUT2D eigenvalue weighted by Crippen LogP contribution is 2.25. The van der Waals surface area contributed by atoms with E-state index in [-0.39, 0.29) is 6.54 Å². The zero-order valence-electron chi connectivity index (χ0n) is 17.2. The maximum Gasteiger partial charge on any atom is 0.406 e. The lowest BCUT2D eigenvalue weighted by molar-refractivity contribution is -0.159. The number of benzene rings is 1. The molecule has 0 aliphatic rings. The third-order valence-corrected chi connectivity index (χ3v) is 4.60. The zero-order chi connectivity index (χ0) is 22.6. The van der Waals surface area contributed by atoms with Crippen molar-refractivity contribution in [2.75, 3.05) is 13.1 Å². The summed E-state index contributed by atoms with van der Waals surface area (Å²) in [7, 11) is 0. The number of halogens is 3. The van der Waals surface area contributed by atoms with E-state index in [1.54, 1.807) is 24.3 Å². The van der Waals surface area contributed by atoms with Gasteiger partial charge in [0.25, 0.3) is 0 Å². The van der Waals surface area contributed by atoms with Crippen LogP contribution in [0.3, 0.4) is 0 Å². The van der Waals surface area contributed by atoms with Crippen molar-refractivity contribution in [3.8, 4) is 0 Å². The molecule has 1 aromatic carbocycles. The minimum Gasteiger partial charge on any atom is -0.366 e. The van der Waals surface area contributed by atoms with E-state index >= 15 is 0 Å². The molecule has 0 bridgehead atoms. The molecular formula is C21H31F3N4O2. The van der Waals surface area contributed by atoms with Crippen molar-refractivity contribution < 1.29 is 22.8 Å². The standard InChI is InChI=1S/C21H31F3N4O2/c1-3-4-5-9-13-27-20(30)28-17(15(2)19(25)29)18(21(22,23)24)26-14-12-16-10-7-6-8-11-16/h6-8,10-11,17-18,26H,2-5,9,12-14H2,1H3,(H2,25,29)(H2,27,28,30)/t17-,18?/m1/s1. The quantitative estimate of drug-likeness (QED) is 0.287. The van der Waals surface area contributed by atoms with Crippen LogP contribution in [-0.4, -0.2) is 43.3 Å². The van der Waals surface area contributed by atoms with Crippen LogP contribution < -0.4 is 21.7 Å². The van der Waals surface area contributed by atoms with Crippen LogP contribution in [0.5, 0.6) is 0 Å². The molecule has 0 saturated carbocycles. The van der Waals surface area contributed by atoms with Gasteiger partial charge in [0, 0.05) is 12.1 Å². The molecule has 1 unspecified atom stereocenters. The van der Waals surface area contributed by atoms with Crippen LogP contribution in [-0.2, 0) is 11.2 Å². The summed E-state index contributed by atoms with van der Waals surface area (Å²) in [5, 5.41) is 7.12. The largest absolute Gasteiger partial charge is 0.406 e. The molecule has 0 heterocycles. The first-order valence-electron chi connectivity index (χ1n) is 10.0. The highest BCUT2D eigenvalue weighted by atomic mass is 19.4. The lowest BCUT2D eigenvalue weighted by Crippen LogP contribution is -2.60. The van der Waals surface area contributed by atoms with E-state index in [9.17, 15) is 22.8 Å². The fourth-order valence-electron chi connectivity index (χ4n) is 2.91. The molecule has 0 spiro atoms. The molecule has 3 amide bonds. The Morgan fingerprint density at radius 2 is 1.77 bits per heavy atom. The van der Waals surface area contributed by atoms with E-state index in [4.69, 9.17) is 5.73 Å². The van der Waals surface area contributed by atoms with Gasteiger partial charge >= 0.3 is 12.2 Å². The molecule has 0 aliphatic heterocycles. The maximum atomic E-state index is 13.7. The molecule has 0 saturated heterocycles. The van der Waals surface area contributed by atoms with Gasteiger partial charge in [-0.15, -0.1) is 0 Å². The zero-order valence-corrected chi connectivity index (χ0v) is 17.2. The third-order valence-electron chi connectivity index (χ3n) is 4.60. The summed E-state index contributed by atoms with van der Waals surface area (Å²) in [6, 6.07) is 4.25. The van der Waals surface area contributed by atoms with Crippen LogP contribution in [0.25, 0.3) is 0 Å². The number of amides is 3. The fourth-order valence-corrected chi connectivity index (χ4v) is 2.91. The molecule has 5 N–H and O–H groups in total. The van der Waals surface area contributed by atoms with Gasteiger partial charge in [0.1, 0.15) is 6.04 Å². The van der Waals surface area contributed by atoms with Gasteiger partial charge < -0.3 is 21.7 Å². The minimum atomic E-state index is -4.74. The number of hydrogen-bond donors (Lipinski definition) is 4. The number of rotatable bonds is 13. The van der Waals surface area contributed by atoms with Crippen LogP contribution in [0.2, 0.25) is 0 Å². The summed E-state index contributed by atoms with van der Waals surface area (Å²) < 4.78 is 41.2. The van der Waals surface area contributed by atoms with Crippen molar-refractivity contribution in [1.82, 2.24) is 16.0 Å². The number of unbranched alkanes of at least 4 members (excludes halogenated alkanes) is 3. The number of hydrogen-bond acceptors (Lipinski definition) is 3. The smallest absolute Gasteiger partial charge is 0.366 e. The van der Waals surface area contributed by atoms with Crippen molar-refractivity contribution in [3.05, 3.63) is 48.0 Å². The Bertz CT molecular complexity index is 681. The molecule has 9 heteroatoms. The first-order valence-corrected chi connectivity index (χ1v) is 10.0. The van der Waals surface area contributed by atoms with Crippen molar-refractivity contribution in [1.29, 1.82) is 0 Å². The molecule has 1 rings (SSSR count). The highest BCUT2D eigenvalue weighted by molar-refractivity contribution is 5.93. The third kappa shape index (κ3) is 9.30. The van der Waals surface area contributed by atoms with E-state index in [0.29, 0.717) is 19.4 Å². The predicted molar refractivity (Wildman–Crippen MR) is 111 cm³/mol. The van der Waals surface area contributed by atoms with Gasteiger partial charge in [0.2, 0.25) is 5.91 Å². The van der Waals surface area contributed by atoms with E-state index in [0.717, 1.165) is 24.8 Å². The summed E-state index contributed by atoms with van der Waals surface area (Å²) >= 11 is 0. The van der Waals surface area contributed by atoms with Gasteiger partial charge in [-0.25, -0.2) is 4.79 Å². The average Bonchev–Trinajstić information content (AvgIpc) is 2.69. The molecule has 0 radical (unpaired) electrons. The van der Waals surface area contributed by atoms with Crippen molar-refractivity contribution in [2.24, 2.45) is 5.73 Å². The monoisotopic (exact) mass is 428 g/mol. The Morgan fingerprint density at radius 3 is 2.33 bits per heavy atom. The van der Waals surface area contributed by atoms with Crippen LogP contribution in [0, 0.1) is 0 Å². The number of urea groups is 1. The van der Waals surface area contributed by atoms with Crippen LogP contribution in [0.4, 0.5) is 18.0 Å². The summed E-state index contributed by atoms with van der Waals surface area (Å²) in [5.74, 6) is -1.11. The lowest BCUT2D eigenvalue weighted by atomic mass is 9.99. The average molecular weight is 428 g/mol. The van der Waals surface area contributed by atoms with Crippen molar-refractivity contribution in [3.63, 3.8) is 0 Å². The molecule has 30 heavy (non-hydrogen) atoms. The molecule has 1 aromatic rings. The van der Waals surface area contributed by atoms with Crippen molar-refractivity contribution in [2.45, 2.75) is 57.3 Å². The van der Waals surface area contributed by atoms with Crippen LogP contribution in [0.15, 0.2) is 42.5 Å². The molecule has 0 aliphatic carbocycles. The van der Waals surface area contributed by atoms with Crippen molar-refractivity contribution >= 4 is 11.9 Å². The molecule has 6 nitrogen and oxygen atoms in total. The Labute approximate surface area is 175 Å². The molecule has 0 aromatic heterocycles. The summed E-state index contributed by atoms with van der Waals surface area (Å²) in [6.07, 6.45) is -0.761. The van der Waals surface area contributed by atoms with E-state index in [1.807, 2.05) is 13.0 Å². The minimum absolute atomic E-state index is 0.0168. The first-order chi connectivity index (χ1) is 14.2. The maximum absolute atomic E-state index is 13.7. The van der Waals surface area contributed by atoms with Gasteiger partial charge in [0.05, 0.1) is 6.04 Å². The Hall–Kier alpha value is -2.55. The molecule has 168 valence electrons. The lowest BCUT2D eigenvalue weighted by Gasteiger charge is -2.31. The van der Waals surface area contributed by atoms with Gasteiger partial charge in [-0.05, 0) is 24.9 Å². The molecular weight excluding hydrogens is 397 g/mol. The Morgan fingerprint density at radius 1 is 1.10 bits per heavy atom. The summed E-state index contributed by atoms with van der Waals surface area (Å²) in [6.45, 7) is 5.72. The van der Waals surface area contributed by atoms with Gasteiger partial charge in [-0.3, -0.25) is 4.79 Å². The second-order valence-corrected chi connectivity index (χ2v) is 7.04. The predicted octanol–water partition coefficient (Wildman–Crippen LogP) is 3.04. The number of nitrogens with one attached hydrogen (secondary N) is 3. The Balaban J connectivity index is 2.81. The van der Waals surface area contributed by atoms with Crippen LogP contribution >= 0.6 is 0 Å². The summed E-state index contributed by atoms with van der Waals surface area (Å²) in [4.78, 5) is 23.7. The van der Waals surface area contributed by atoms with Gasteiger partial charge in [-0.2, -0.15) is 13.2 Å². The second kappa shape index (κ2) is 12.9. The second-order valence-electron chi connectivity index (χ2n) is 7.04. The molecule has 0 fully saturated rings. The fraction of sp³-hybridized carbons (Fsp3) is 0.524. The van der Waals surface area contributed by atoms with E-state index in [1.165, 1.54) is 0 Å². The highest BCUT2D eigenvalue weighted by Gasteiger charge is 2.46. The number of carbonyl (C=O) groups excluding carboxylic acids is 2. The Kier molecular flexibility index (Phi) is 11.0. The first kappa shape index (κ1) is 25.5.